The van der Waals surface area contributed by atoms with E-state index in [1.54, 1.807) is 49.2 Å². The average Bonchev–Trinajstić information content (AvgIpc) is 2.79. The van der Waals surface area contributed by atoms with Gasteiger partial charge in [-0.05, 0) is 49.0 Å². The molecule has 174 valence electrons. The molecule has 2 aromatic carbocycles. The Morgan fingerprint density at radius 1 is 1.12 bits per heavy atom. The van der Waals surface area contributed by atoms with E-state index < -0.39 is 23.9 Å². The van der Waals surface area contributed by atoms with Crippen LogP contribution in [0.25, 0.3) is 0 Å². The molecule has 8 nitrogen and oxygen atoms in total. The molecule has 0 aliphatic carbocycles. The number of methoxy groups -OCH3 is 1. The number of para-hydroxylation sites is 1. The molecule has 0 bridgehead atoms. The molecule has 0 fully saturated rings. The number of anilines is 2. The van der Waals surface area contributed by atoms with Crippen LogP contribution < -0.4 is 16.0 Å². The number of thiocarbonyl (C=S) groups is 1. The van der Waals surface area contributed by atoms with Gasteiger partial charge in [0.05, 0.1) is 23.9 Å². The van der Waals surface area contributed by atoms with Crippen molar-refractivity contribution in [3.8, 4) is 0 Å². The third-order valence-corrected chi connectivity index (χ3v) is 5.51. The molecule has 0 aromatic heterocycles. The summed E-state index contributed by atoms with van der Waals surface area (Å²) in [5, 5.41) is 8.74. The summed E-state index contributed by atoms with van der Waals surface area (Å²) >= 11 is 5.40. The minimum Gasteiger partial charge on any atom is -0.460 e. The Morgan fingerprint density at radius 3 is 2.48 bits per heavy atom. The molecule has 2 aromatic rings. The smallest absolute Gasteiger partial charge is 0.338 e. The molecular weight excluding hydrogens is 447 g/mol. The van der Waals surface area contributed by atoms with Gasteiger partial charge in [-0.2, -0.15) is 0 Å². The Balaban J connectivity index is 1.76. The molecule has 10 heteroatoms. The van der Waals surface area contributed by atoms with Crippen LogP contribution in [0.3, 0.4) is 0 Å². The summed E-state index contributed by atoms with van der Waals surface area (Å²) in [5.41, 5.74) is 2.43. The molecular formula is C23H25FN4O4S. The van der Waals surface area contributed by atoms with Gasteiger partial charge in [-0.25, -0.2) is 14.0 Å². The Morgan fingerprint density at radius 2 is 1.82 bits per heavy atom. The molecule has 0 unspecified atom stereocenters. The van der Waals surface area contributed by atoms with Gasteiger partial charge in [0.1, 0.15) is 12.4 Å². The number of hydrogen-bond donors (Lipinski definition) is 3. The molecule has 0 saturated heterocycles. The second-order valence-corrected chi connectivity index (χ2v) is 7.64. The summed E-state index contributed by atoms with van der Waals surface area (Å²) in [6.45, 7) is 2.22. The number of nitrogens with one attached hydrogen (secondary N) is 3. The maximum atomic E-state index is 13.7. The van der Waals surface area contributed by atoms with Crippen molar-refractivity contribution >= 4 is 40.7 Å². The van der Waals surface area contributed by atoms with Crippen molar-refractivity contribution in [1.82, 2.24) is 10.2 Å². The maximum absolute atomic E-state index is 13.7. The topological polar surface area (TPSA) is 91.9 Å². The third kappa shape index (κ3) is 5.85. The van der Waals surface area contributed by atoms with Gasteiger partial charge in [0.25, 0.3) is 0 Å². The van der Waals surface area contributed by atoms with E-state index in [1.807, 2.05) is 0 Å². The number of carbonyl (C=O) groups excluding carboxylic acids is 2. The van der Waals surface area contributed by atoms with Gasteiger partial charge in [-0.15, -0.1) is 0 Å². The highest BCUT2D eigenvalue weighted by Crippen LogP contribution is 2.31. The normalized spacial score (nSPS) is 15.7. The second-order valence-electron chi connectivity index (χ2n) is 7.25. The zero-order valence-electron chi connectivity index (χ0n) is 18.5. The van der Waals surface area contributed by atoms with Crippen LogP contribution in [0.5, 0.6) is 0 Å². The van der Waals surface area contributed by atoms with Crippen molar-refractivity contribution in [2.45, 2.75) is 13.0 Å². The number of carbonyl (C=O) groups is 2. The van der Waals surface area contributed by atoms with E-state index in [4.69, 9.17) is 21.7 Å². The molecule has 0 radical (unpaired) electrons. The fourth-order valence-corrected chi connectivity index (χ4v) is 3.51. The maximum Gasteiger partial charge on any atom is 0.338 e. The molecule has 1 heterocycles. The van der Waals surface area contributed by atoms with Gasteiger partial charge in [0.15, 0.2) is 5.11 Å². The number of benzene rings is 2. The molecule has 3 rings (SSSR count). The zero-order chi connectivity index (χ0) is 24.0. The average molecular weight is 473 g/mol. The standard InChI is InChI=1S/C23H25FN4O4S/c1-14-19(21(29)32-13-12-31-3)20(27-23(33)28(14)2)15-8-10-16(11-9-15)25-22(30)26-18-7-5-4-6-17(18)24/h4-11,20H,12-13H2,1-3H3,(H,27,33)(H2,25,26,30)/t20-/m1/s1. The van der Waals surface area contributed by atoms with Crippen LogP contribution in [0.2, 0.25) is 0 Å². The Kier molecular flexibility index (Phi) is 7.96. The summed E-state index contributed by atoms with van der Waals surface area (Å²) in [4.78, 5) is 26.7. The van der Waals surface area contributed by atoms with E-state index in [2.05, 4.69) is 16.0 Å². The first-order valence-electron chi connectivity index (χ1n) is 10.2. The molecule has 0 spiro atoms. The SMILES string of the molecule is COCCOC(=O)C1=C(C)N(C)C(=S)N[C@@H]1c1ccc(NC(=O)Nc2ccccc2F)cc1. The van der Waals surface area contributed by atoms with Crippen LogP contribution in [0.4, 0.5) is 20.6 Å². The van der Waals surface area contributed by atoms with Crippen LogP contribution in [0, 0.1) is 5.82 Å². The van der Waals surface area contributed by atoms with Crippen LogP contribution in [0.15, 0.2) is 59.8 Å². The van der Waals surface area contributed by atoms with Crippen molar-refractivity contribution in [3.05, 3.63) is 71.2 Å². The van der Waals surface area contributed by atoms with Crippen LogP contribution in [-0.4, -0.2) is 49.4 Å². The van der Waals surface area contributed by atoms with Gasteiger partial charge < -0.3 is 30.3 Å². The lowest BCUT2D eigenvalue weighted by molar-refractivity contribution is -0.140. The number of allylic oxidation sites excluding steroid dienone is 1. The predicted molar refractivity (Wildman–Crippen MR) is 127 cm³/mol. The molecule has 1 aliphatic heterocycles. The summed E-state index contributed by atoms with van der Waals surface area (Å²) in [5.74, 6) is -0.998. The summed E-state index contributed by atoms with van der Waals surface area (Å²) in [6.07, 6.45) is 0. The molecule has 33 heavy (non-hydrogen) atoms. The lowest BCUT2D eigenvalue weighted by Crippen LogP contribution is -2.46. The number of amides is 2. The van der Waals surface area contributed by atoms with Crippen molar-refractivity contribution in [2.75, 3.05) is 38.0 Å². The first kappa shape index (κ1) is 24.1. The largest absolute Gasteiger partial charge is 0.460 e. The number of rotatable bonds is 7. The molecule has 3 N–H and O–H groups in total. The van der Waals surface area contributed by atoms with E-state index in [1.165, 1.54) is 25.3 Å². The van der Waals surface area contributed by atoms with Crippen LogP contribution >= 0.6 is 12.2 Å². The van der Waals surface area contributed by atoms with Gasteiger partial charge >= 0.3 is 12.0 Å². The number of nitrogens with zero attached hydrogens (tertiary/aromatic N) is 1. The Bertz CT molecular complexity index is 1070. The lowest BCUT2D eigenvalue weighted by atomic mass is 9.95. The molecule has 1 atom stereocenters. The quantitative estimate of drug-likeness (QED) is 0.321. The van der Waals surface area contributed by atoms with Crippen molar-refractivity contribution in [2.24, 2.45) is 0 Å². The van der Waals surface area contributed by atoms with Crippen LogP contribution in [-0.2, 0) is 14.3 Å². The van der Waals surface area contributed by atoms with Crippen molar-refractivity contribution in [1.29, 1.82) is 0 Å². The lowest BCUT2D eigenvalue weighted by Gasteiger charge is -2.35. The van der Waals surface area contributed by atoms with Gasteiger partial charge in [-0.1, -0.05) is 24.3 Å². The first-order valence-corrected chi connectivity index (χ1v) is 10.6. The van der Waals surface area contributed by atoms with E-state index in [9.17, 15) is 14.0 Å². The highest BCUT2D eigenvalue weighted by Gasteiger charge is 2.33. The summed E-state index contributed by atoms with van der Waals surface area (Å²) in [7, 11) is 3.30. The minimum absolute atomic E-state index is 0.0768. The monoisotopic (exact) mass is 472 g/mol. The number of hydrogen-bond acceptors (Lipinski definition) is 5. The number of urea groups is 1. The number of esters is 1. The van der Waals surface area contributed by atoms with Gasteiger partial charge in [0, 0.05) is 25.5 Å². The zero-order valence-corrected chi connectivity index (χ0v) is 19.3. The van der Waals surface area contributed by atoms with E-state index in [0.717, 1.165) is 5.56 Å². The van der Waals surface area contributed by atoms with Crippen molar-refractivity contribution < 1.29 is 23.5 Å². The van der Waals surface area contributed by atoms with E-state index in [0.29, 0.717) is 28.7 Å². The Hall–Kier alpha value is -3.50. The van der Waals surface area contributed by atoms with Crippen molar-refractivity contribution in [3.63, 3.8) is 0 Å². The third-order valence-electron chi connectivity index (χ3n) is 5.12. The van der Waals surface area contributed by atoms with E-state index in [-0.39, 0.29) is 12.3 Å². The molecule has 1 aliphatic rings. The van der Waals surface area contributed by atoms with Gasteiger partial charge in [0.2, 0.25) is 0 Å². The highest BCUT2D eigenvalue weighted by atomic mass is 32.1. The summed E-state index contributed by atoms with van der Waals surface area (Å²) in [6, 6.07) is 11.7. The Labute approximate surface area is 196 Å². The summed E-state index contributed by atoms with van der Waals surface area (Å²) < 4.78 is 24.0. The fraction of sp³-hybridized carbons (Fsp3) is 0.261. The fourth-order valence-electron chi connectivity index (χ4n) is 3.25. The van der Waals surface area contributed by atoms with Crippen LogP contribution in [0.1, 0.15) is 18.5 Å². The van der Waals surface area contributed by atoms with E-state index >= 15 is 0 Å². The second kappa shape index (κ2) is 10.9. The molecule has 0 saturated carbocycles. The highest BCUT2D eigenvalue weighted by molar-refractivity contribution is 7.80. The predicted octanol–water partition coefficient (Wildman–Crippen LogP) is 3.79. The minimum atomic E-state index is -0.579. The number of halogens is 1. The first-order chi connectivity index (χ1) is 15.8. The van der Waals surface area contributed by atoms with Gasteiger partial charge in [-0.3, -0.25) is 0 Å². The number of ether oxygens (including phenoxy) is 2. The molecule has 2 amide bonds.